The Labute approximate surface area is 125 Å². The summed E-state index contributed by atoms with van der Waals surface area (Å²) < 4.78 is 0. The molecule has 4 saturated carbocycles. The molecule has 0 amide bonds. The Kier molecular flexibility index (Phi) is 2.93. The van der Waals surface area contributed by atoms with E-state index in [1.807, 2.05) is 0 Å². The van der Waals surface area contributed by atoms with Crippen LogP contribution in [0.3, 0.4) is 0 Å². The van der Waals surface area contributed by atoms with E-state index < -0.39 is 0 Å². The van der Waals surface area contributed by atoms with Gasteiger partial charge in [-0.05, 0) is 79.4 Å². The molecule has 4 aliphatic rings. The molecular formula is C20H32. The monoisotopic (exact) mass is 272 g/mol. The third-order valence-electron chi connectivity index (χ3n) is 8.31. The molecule has 0 bridgehead atoms. The molecule has 0 saturated heterocycles. The van der Waals surface area contributed by atoms with Crippen LogP contribution >= 0.6 is 0 Å². The standard InChI is InChI=1S/C20H32/c1-14-13-15-17-8-6-10-19(17,2)12-9-18(15)20(3)11-5-4-7-16(14)20/h15-18H,1,4-13H2,2-3H3/t15?,16?,17?,18?,19-,20-/m0/s1. The van der Waals surface area contributed by atoms with E-state index >= 15 is 0 Å². The van der Waals surface area contributed by atoms with Crippen LogP contribution in [0.5, 0.6) is 0 Å². The fourth-order valence-corrected chi connectivity index (χ4v) is 7.30. The Morgan fingerprint density at radius 2 is 1.75 bits per heavy atom. The van der Waals surface area contributed by atoms with Gasteiger partial charge in [0.1, 0.15) is 0 Å². The summed E-state index contributed by atoms with van der Waals surface area (Å²) in [6, 6.07) is 0. The van der Waals surface area contributed by atoms with Gasteiger partial charge >= 0.3 is 0 Å². The molecule has 0 spiro atoms. The van der Waals surface area contributed by atoms with E-state index in [4.69, 9.17) is 0 Å². The average Bonchev–Trinajstić information content (AvgIpc) is 2.81. The van der Waals surface area contributed by atoms with Crippen molar-refractivity contribution in [2.24, 2.45) is 34.5 Å². The summed E-state index contributed by atoms with van der Waals surface area (Å²) in [5, 5.41) is 0. The number of hydrogen-bond acceptors (Lipinski definition) is 0. The minimum absolute atomic E-state index is 0.613. The SMILES string of the molecule is C=C1CC2C3CCC[C@@]3(C)CCC2[C@@]2(C)CCCCC12. The predicted octanol–water partition coefficient (Wildman–Crippen LogP) is 5.98. The van der Waals surface area contributed by atoms with Crippen LogP contribution < -0.4 is 0 Å². The Bertz CT molecular complexity index is 422. The molecule has 0 aromatic heterocycles. The first-order valence-electron chi connectivity index (χ1n) is 9.22. The van der Waals surface area contributed by atoms with Crippen molar-refractivity contribution < 1.29 is 0 Å². The van der Waals surface area contributed by atoms with Crippen molar-refractivity contribution in [1.29, 1.82) is 0 Å². The minimum atomic E-state index is 0.613. The van der Waals surface area contributed by atoms with Gasteiger partial charge in [-0.15, -0.1) is 0 Å². The van der Waals surface area contributed by atoms with Crippen LogP contribution in [-0.4, -0.2) is 0 Å². The molecule has 0 aliphatic heterocycles. The fourth-order valence-electron chi connectivity index (χ4n) is 7.30. The van der Waals surface area contributed by atoms with E-state index in [0.29, 0.717) is 10.8 Å². The van der Waals surface area contributed by atoms with Crippen LogP contribution in [-0.2, 0) is 0 Å². The van der Waals surface area contributed by atoms with E-state index in [0.717, 1.165) is 23.7 Å². The maximum Gasteiger partial charge on any atom is -0.0149 e. The van der Waals surface area contributed by atoms with Crippen molar-refractivity contribution in [1.82, 2.24) is 0 Å². The zero-order valence-electron chi connectivity index (χ0n) is 13.6. The molecule has 0 aromatic carbocycles. The molecule has 0 N–H and O–H groups in total. The van der Waals surface area contributed by atoms with Gasteiger partial charge in [0.15, 0.2) is 0 Å². The fraction of sp³-hybridized carbons (Fsp3) is 0.900. The second-order valence-electron chi connectivity index (χ2n) is 9.13. The lowest BCUT2D eigenvalue weighted by Crippen LogP contribution is -2.52. The lowest BCUT2D eigenvalue weighted by atomic mass is 9.44. The number of allylic oxidation sites excluding steroid dienone is 1. The number of fused-ring (bicyclic) bond motifs is 5. The van der Waals surface area contributed by atoms with Gasteiger partial charge in [-0.25, -0.2) is 0 Å². The predicted molar refractivity (Wildman–Crippen MR) is 85.5 cm³/mol. The average molecular weight is 272 g/mol. The van der Waals surface area contributed by atoms with Crippen molar-refractivity contribution in [3.63, 3.8) is 0 Å². The smallest absolute Gasteiger partial charge is 0.0149 e. The van der Waals surface area contributed by atoms with Gasteiger partial charge in [0.2, 0.25) is 0 Å². The highest BCUT2D eigenvalue weighted by Crippen LogP contribution is 2.66. The molecule has 112 valence electrons. The van der Waals surface area contributed by atoms with Gasteiger partial charge < -0.3 is 0 Å². The highest BCUT2D eigenvalue weighted by atomic mass is 14.6. The van der Waals surface area contributed by atoms with Gasteiger partial charge in [-0.3, -0.25) is 0 Å². The van der Waals surface area contributed by atoms with Crippen LogP contribution in [0.15, 0.2) is 12.2 Å². The van der Waals surface area contributed by atoms with Gasteiger partial charge in [0.05, 0.1) is 0 Å². The Balaban J connectivity index is 1.70. The molecule has 4 unspecified atom stereocenters. The highest BCUT2D eigenvalue weighted by Gasteiger charge is 2.57. The maximum absolute atomic E-state index is 4.57. The summed E-state index contributed by atoms with van der Waals surface area (Å²) in [4.78, 5) is 0. The largest absolute Gasteiger partial charge is 0.0995 e. The second kappa shape index (κ2) is 4.37. The van der Waals surface area contributed by atoms with Crippen LogP contribution in [0.25, 0.3) is 0 Å². The Hall–Kier alpha value is -0.260. The van der Waals surface area contributed by atoms with Gasteiger partial charge in [-0.1, -0.05) is 45.3 Å². The normalized spacial score (nSPS) is 55.0. The summed E-state index contributed by atoms with van der Waals surface area (Å²) in [6.07, 6.45) is 14.8. The van der Waals surface area contributed by atoms with Gasteiger partial charge in [-0.2, -0.15) is 0 Å². The van der Waals surface area contributed by atoms with E-state index in [1.165, 1.54) is 64.2 Å². The van der Waals surface area contributed by atoms with Crippen LogP contribution in [0.4, 0.5) is 0 Å². The first-order chi connectivity index (χ1) is 9.55. The topological polar surface area (TPSA) is 0 Å². The third kappa shape index (κ3) is 1.66. The van der Waals surface area contributed by atoms with E-state index in [2.05, 4.69) is 20.4 Å². The molecule has 0 heterocycles. The molecule has 4 rings (SSSR count). The van der Waals surface area contributed by atoms with Crippen molar-refractivity contribution in [3.8, 4) is 0 Å². The molecule has 0 aromatic rings. The van der Waals surface area contributed by atoms with E-state index in [1.54, 1.807) is 5.57 Å². The van der Waals surface area contributed by atoms with Crippen molar-refractivity contribution in [2.45, 2.75) is 78.1 Å². The zero-order valence-corrected chi connectivity index (χ0v) is 13.6. The summed E-state index contributed by atoms with van der Waals surface area (Å²) in [6.45, 7) is 9.83. The second-order valence-corrected chi connectivity index (χ2v) is 9.13. The van der Waals surface area contributed by atoms with Crippen LogP contribution in [0, 0.1) is 34.5 Å². The maximum atomic E-state index is 4.57. The molecule has 20 heavy (non-hydrogen) atoms. The first-order valence-corrected chi connectivity index (χ1v) is 9.22. The van der Waals surface area contributed by atoms with Crippen LogP contribution in [0.1, 0.15) is 78.1 Å². The van der Waals surface area contributed by atoms with Crippen molar-refractivity contribution >= 4 is 0 Å². The summed E-state index contributed by atoms with van der Waals surface area (Å²) in [7, 11) is 0. The van der Waals surface area contributed by atoms with Gasteiger partial charge in [0.25, 0.3) is 0 Å². The molecule has 4 fully saturated rings. The zero-order chi connectivity index (χ0) is 14.0. The van der Waals surface area contributed by atoms with Gasteiger partial charge in [0, 0.05) is 0 Å². The molecule has 6 atom stereocenters. The molecule has 0 radical (unpaired) electrons. The summed E-state index contributed by atoms with van der Waals surface area (Å²) >= 11 is 0. The first kappa shape index (κ1) is 13.4. The molecular weight excluding hydrogens is 240 g/mol. The Morgan fingerprint density at radius 3 is 2.60 bits per heavy atom. The number of rotatable bonds is 0. The molecule has 0 heteroatoms. The summed E-state index contributed by atoms with van der Waals surface area (Å²) in [5.41, 5.74) is 2.95. The molecule has 0 nitrogen and oxygen atoms in total. The molecule has 4 aliphatic carbocycles. The van der Waals surface area contributed by atoms with E-state index in [9.17, 15) is 0 Å². The lowest BCUT2D eigenvalue weighted by molar-refractivity contribution is -0.0797. The summed E-state index contributed by atoms with van der Waals surface area (Å²) in [5.74, 6) is 3.90. The highest BCUT2D eigenvalue weighted by molar-refractivity contribution is 5.19. The quantitative estimate of drug-likeness (QED) is 0.476. The van der Waals surface area contributed by atoms with Crippen molar-refractivity contribution in [2.75, 3.05) is 0 Å². The lowest BCUT2D eigenvalue weighted by Gasteiger charge is -2.60. The third-order valence-corrected chi connectivity index (χ3v) is 8.31. The van der Waals surface area contributed by atoms with Crippen molar-refractivity contribution in [3.05, 3.63) is 12.2 Å². The Morgan fingerprint density at radius 1 is 0.900 bits per heavy atom. The minimum Gasteiger partial charge on any atom is -0.0995 e. The van der Waals surface area contributed by atoms with Crippen LogP contribution in [0.2, 0.25) is 0 Å². The number of hydrogen-bond donors (Lipinski definition) is 0. The van der Waals surface area contributed by atoms with E-state index in [-0.39, 0.29) is 0 Å².